The number of benzene rings is 2. The lowest BCUT2D eigenvalue weighted by Crippen LogP contribution is -2.19. The quantitative estimate of drug-likeness (QED) is 0.770. The molecule has 0 aliphatic heterocycles. The van der Waals surface area contributed by atoms with Crippen LogP contribution in [0.3, 0.4) is 0 Å². The first-order chi connectivity index (χ1) is 10.4. The minimum Gasteiger partial charge on any atom is -0.465 e. The van der Waals surface area contributed by atoms with Gasteiger partial charge in [0.25, 0.3) is 0 Å². The lowest BCUT2D eigenvalue weighted by atomic mass is 9.85. The Morgan fingerprint density at radius 1 is 0.909 bits per heavy atom. The van der Waals surface area contributed by atoms with Crippen molar-refractivity contribution in [2.24, 2.45) is 0 Å². The maximum absolute atomic E-state index is 12.6. The normalized spacial score (nSPS) is 10.8. The standard InChI is InChI=1S/C20H24O2/c1-6-22-20(21)19(17-9-7-13(2)11-15(17)4)18-10-8-14(3)12-16(18)5/h7-12,19H,6H2,1-5H3. The Hall–Kier alpha value is -2.09. The molecule has 2 aromatic rings. The molecule has 0 radical (unpaired) electrons. The Morgan fingerprint density at radius 3 is 1.73 bits per heavy atom. The van der Waals surface area contributed by atoms with Gasteiger partial charge in [-0.2, -0.15) is 0 Å². The summed E-state index contributed by atoms with van der Waals surface area (Å²) in [6.45, 7) is 10.5. The lowest BCUT2D eigenvalue weighted by molar-refractivity contribution is -0.143. The van der Waals surface area contributed by atoms with Crippen LogP contribution >= 0.6 is 0 Å². The Kier molecular flexibility index (Phi) is 5.02. The molecular formula is C20H24O2. The van der Waals surface area contributed by atoms with E-state index in [1.54, 1.807) is 0 Å². The predicted molar refractivity (Wildman–Crippen MR) is 90.3 cm³/mol. The smallest absolute Gasteiger partial charge is 0.317 e. The Morgan fingerprint density at radius 2 is 1.36 bits per heavy atom. The summed E-state index contributed by atoms with van der Waals surface area (Å²) in [6.07, 6.45) is 0. The number of ether oxygens (including phenoxy) is 1. The molecule has 0 saturated carbocycles. The Balaban J connectivity index is 2.58. The Labute approximate surface area is 133 Å². The number of aryl methyl sites for hydroxylation is 4. The molecule has 0 bridgehead atoms. The molecule has 0 aliphatic carbocycles. The van der Waals surface area contributed by atoms with Crippen LogP contribution in [0.15, 0.2) is 36.4 Å². The molecule has 22 heavy (non-hydrogen) atoms. The van der Waals surface area contributed by atoms with E-state index in [1.807, 2.05) is 19.1 Å². The van der Waals surface area contributed by atoms with Gasteiger partial charge in [0.2, 0.25) is 0 Å². The summed E-state index contributed by atoms with van der Waals surface area (Å²) in [4.78, 5) is 12.6. The second-order valence-corrected chi connectivity index (χ2v) is 5.91. The molecule has 0 unspecified atom stereocenters. The van der Waals surface area contributed by atoms with E-state index in [2.05, 4.69) is 52.0 Å². The molecular weight excluding hydrogens is 272 g/mol. The highest BCUT2D eigenvalue weighted by Gasteiger charge is 2.26. The summed E-state index contributed by atoms with van der Waals surface area (Å²) in [5.41, 5.74) is 6.69. The first kappa shape index (κ1) is 16.3. The van der Waals surface area contributed by atoms with Crippen LogP contribution in [-0.2, 0) is 9.53 Å². The molecule has 0 heterocycles. The van der Waals surface area contributed by atoms with Crippen LogP contribution < -0.4 is 0 Å². The van der Waals surface area contributed by atoms with Crippen molar-refractivity contribution in [3.05, 3.63) is 69.8 Å². The van der Waals surface area contributed by atoms with Gasteiger partial charge in [-0.25, -0.2) is 0 Å². The fourth-order valence-electron chi connectivity index (χ4n) is 2.95. The SMILES string of the molecule is CCOC(=O)C(c1ccc(C)cc1C)c1ccc(C)cc1C. The lowest BCUT2D eigenvalue weighted by Gasteiger charge is -2.21. The van der Waals surface area contributed by atoms with Gasteiger partial charge in [-0.15, -0.1) is 0 Å². The fourth-order valence-corrected chi connectivity index (χ4v) is 2.95. The van der Waals surface area contributed by atoms with Crippen molar-refractivity contribution < 1.29 is 9.53 Å². The summed E-state index contributed by atoms with van der Waals surface area (Å²) in [5, 5.41) is 0. The van der Waals surface area contributed by atoms with Gasteiger partial charge in [0.15, 0.2) is 0 Å². The zero-order chi connectivity index (χ0) is 16.3. The van der Waals surface area contributed by atoms with Gasteiger partial charge in [-0.3, -0.25) is 4.79 Å². The van der Waals surface area contributed by atoms with Gasteiger partial charge in [0.05, 0.1) is 6.61 Å². The van der Waals surface area contributed by atoms with Gasteiger partial charge >= 0.3 is 5.97 Å². The number of carbonyl (C=O) groups is 1. The van der Waals surface area contributed by atoms with E-state index in [9.17, 15) is 4.79 Å². The molecule has 0 fully saturated rings. The third-order valence-corrected chi connectivity index (χ3v) is 3.99. The first-order valence-corrected chi connectivity index (χ1v) is 7.75. The van der Waals surface area contributed by atoms with E-state index >= 15 is 0 Å². The average molecular weight is 296 g/mol. The molecule has 0 aromatic heterocycles. The van der Waals surface area contributed by atoms with Crippen molar-refractivity contribution in [1.82, 2.24) is 0 Å². The maximum atomic E-state index is 12.6. The monoisotopic (exact) mass is 296 g/mol. The van der Waals surface area contributed by atoms with Gasteiger partial charge in [0, 0.05) is 0 Å². The molecule has 0 N–H and O–H groups in total. The number of hydrogen-bond acceptors (Lipinski definition) is 2. The van der Waals surface area contributed by atoms with Crippen molar-refractivity contribution in [2.75, 3.05) is 6.61 Å². The third-order valence-electron chi connectivity index (χ3n) is 3.99. The molecule has 2 rings (SSSR count). The average Bonchev–Trinajstić information content (AvgIpc) is 2.44. The van der Waals surface area contributed by atoms with E-state index in [1.165, 1.54) is 11.1 Å². The summed E-state index contributed by atoms with van der Waals surface area (Å²) < 4.78 is 5.34. The van der Waals surface area contributed by atoms with Crippen molar-refractivity contribution >= 4 is 5.97 Å². The molecule has 2 heteroatoms. The number of carbonyl (C=O) groups excluding carboxylic acids is 1. The van der Waals surface area contributed by atoms with Crippen molar-refractivity contribution in [1.29, 1.82) is 0 Å². The van der Waals surface area contributed by atoms with Crippen LogP contribution in [0.4, 0.5) is 0 Å². The van der Waals surface area contributed by atoms with Gasteiger partial charge in [-0.1, -0.05) is 47.5 Å². The molecule has 0 spiro atoms. The highest BCUT2D eigenvalue weighted by Crippen LogP contribution is 2.31. The van der Waals surface area contributed by atoms with Crippen LogP contribution in [0.1, 0.15) is 46.2 Å². The summed E-state index contributed by atoms with van der Waals surface area (Å²) >= 11 is 0. The first-order valence-electron chi connectivity index (χ1n) is 7.75. The summed E-state index contributed by atoms with van der Waals surface area (Å²) in [5.74, 6) is -0.539. The van der Waals surface area contributed by atoms with E-state index in [-0.39, 0.29) is 11.9 Å². The largest absolute Gasteiger partial charge is 0.465 e. The minimum absolute atomic E-state index is 0.179. The van der Waals surface area contributed by atoms with Crippen LogP contribution in [0.2, 0.25) is 0 Å². The predicted octanol–water partition coefficient (Wildman–Crippen LogP) is 4.62. The number of esters is 1. The van der Waals surface area contributed by atoms with E-state index < -0.39 is 0 Å². The Bertz CT molecular complexity index is 635. The molecule has 2 aromatic carbocycles. The maximum Gasteiger partial charge on any atom is 0.317 e. The van der Waals surface area contributed by atoms with E-state index in [0.29, 0.717) is 6.61 Å². The third kappa shape index (κ3) is 3.38. The van der Waals surface area contributed by atoms with Crippen LogP contribution in [-0.4, -0.2) is 12.6 Å². The molecule has 0 aliphatic rings. The van der Waals surface area contributed by atoms with E-state index in [0.717, 1.165) is 22.3 Å². The molecule has 0 atom stereocenters. The molecule has 0 amide bonds. The second kappa shape index (κ2) is 6.78. The summed E-state index contributed by atoms with van der Waals surface area (Å²) in [7, 11) is 0. The number of hydrogen-bond donors (Lipinski definition) is 0. The molecule has 116 valence electrons. The van der Waals surface area contributed by atoms with Crippen molar-refractivity contribution in [2.45, 2.75) is 40.5 Å². The van der Waals surface area contributed by atoms with Crippen molar-refractivity contribution in [3.63, 3.8) is 0 Å². The zero-order valence-electron chi connectivity index (χ0n) is 14.1. The zero-order valence-corrected chi connectivity index (χ0v) is 14.1. The van der Waals surface area contributed by atoms with Gasteiger partial charge < -0.3 is 4.74 Å². The summed E-state index contributed by atoms with van der Waals surface area (Å²) in [6, 6.07) is 12.4. The fraction of sp³-hybridized carbons (Fsp3) is 0.350. The minimum atomic E-state index is -0.360. The number of rotatable bonds is 4. The van der Waals surface area contributed by atoms with Gasteiger partial charge in [0.1, 0.15) is 5.92 Å². The second-order valence-electron chi connectivity index (χ2n) is 5.91. The van der Waals surface area contributed by atoms with Crippen LogP contribution in [0.5, 0.6) is 0 Å². The highest BCUT2D eigenvalue weighted by atomic mass is 16.5. The van der Waals surface area contributed by atoms with Crippen LogP contribution in [0.25, 0.3) is 0 Å². The topological polar surface area (TPSA) is 26.3 Å². The molecule has 2 nitrogen and oxygen atoms in total. The van der Waals surface area contributed by atoms with Crippen molar-refractivity contribution in [3.8, 4) is 0 Å². The van der Waals surface area contributed by atoms with Crippen LogP contribution in [0, 0.1) is 27.7 Å². The van der Waals surface area contributed by atoms with Gasteiger partial charge in [-0.05, 0) is 56.9 Å². The highest BCUT2D eigenvalue weighted by molar-refractivity contribution is 5.83. The molecule has 0 saturated heterocycles. The van der Waals surface area contributed by atoms with E-state index in [4.69, 9.17) is 4.74 Å².